The summed E-state index contributed by atoms with van der Waals surface area (Å²) < 4.78 is 4.39. The lowest BCUT2D eigenvalue weighted by molar-refractivity contribution is 0.460. The first kappa shape index (κ1) is 16.2. The second-order valence-corrected chi connectivity index (χ2v) is 7.42. The summed E-state index contributed by atoms with van der Waals surface area (Å²) in [5.74, 6) is 2.14. The second kappa shape index (κ2) is 7.76. The van der Waals surface area contributed by atoms with Gasteiger partial charge in [-0.25, -0.2) is 0 Å². The van der Waals surface area contributed by atoms with Gasteiger partial charge in [-0.3, -0.25) is 0 Å². The van der Waals surface area contributed by atoms with Crippen molar-refractivity contribution in [3.63, 3.8) is 0 Å². The van der Waals surface area contributed by atoms with Crippen LogP contribution in [0, 0.1) is 11.8 Å². The van der Waals surface area contributed by atoms with E-state index in [1.54, 1.807) is 12.7 Å². The Labute approximate surface area is 142 Å². The van der Waals surface area contributed by atoms with E-state index in [0.29, 0.717) is 5.92 Å². The van der Waals surface area contributed by atoms with Gasteiger partial charge < -0.3 is 4.43 Å². The molecule has 23 heavy (non-hydrogen) atoms. The van der Waals surface area contributed by atoms with Crippen LogP contribution in [-0.2, 0) is 4.43 Å². The summed E-state index contributed by atoms with van der Waals surface area (Å²) in [5.41, 5.74) is 4.56. The standard InChI is InChI=1S/C20H20.CH6OSi/c1-3-7-16(8-4-1)20(17-9-5-2-6-10-17)19-14-15-11-12-18(19)13-15;1-2-3/h1-10,14-15,18,20H,11-13H2;1,3H3. The van der Waals surface area contributed by atoms with Crippen molar-refractivity contribution in [2.24, 2.45) is 11.8 Å². The summed E-state index contributed by atoms with van der Waals surface area (Å²) >= 11 is 0. The molecule has 1 nitrogen and oxygen atoms in total. The fourth-order valence-corrected chi connectivity index (χ4v) is 4.08. The summed E-state index contributed by atoms with van der Waals surface area (Å²) in [7, 11) is 2.56. The molecule has 2 aromatic carbocycles. The Morgan fingerprint density at radius 2 is 1.43 bits per heavy atom. The molecule has 0 N–H and O–H groups in total. The molecule has 2 aliphatic rings. The van der Waals surface area contributed by atoms with E-state index < -0.39 is 0 Å². The van der Waals surface area contributed by atoms with Gasteiger partial charge in [-0.2, -0.15) is 0 Å². The molecular formula is C21H26OSi. The average Bonchev–Trinajstić information content (AvgIpc) is 3.21. The third-order valence-electron chi connectivity index (χ3n) is 4.97. The van der Waals surface area contributed by atoms with Crippen molar-refractivity contribution >= 4 is 10.5 Å². The Bertz CT molecular complexity index is 596. The number of hydrogen-bond acceptors (Lipinski definition) is 1. The maximum Gasteiger partial charge on any atom is 0.145 e. The van der Waals surface area contributed by atoms with Crippen molar-refractivity contribution < 1.29 is 4.43 Å². The molecule has 0 spiro atoms. The fourth-order valence-electron chi connectivity index (χ4n) is 4.08. The zero-order valence-electron chi connectivity index (χ0n) is 14.1. The van der Waals surface area contributed by atoms with E-state index in [9.17, 15) is 0 Å². The summed E-state index contributed by atoms with van der Waals surface area (Å²) in [6, 6.07) is 22.0. The Hall–Kier alpha value is -1.64. The quantitative estimate of drug-likeness (QED) is 0.611. The molecule has 2 atom stereocenters. The van der Waals surface area contributed by atoms with Gasteiger partial charge in [0, 0.05) is 13.0 Å². The Morgan fingerprint density at radius 3 is 1.83 bits per heavy atom. The third-order valence-corrected chi connectivity index (χ3v) is 4.97. The number of fused-ring (bicyclic) bond motifs is 2. The van der Waals surface area contributed by atoms with E-state index in [2.05, 4.69) is 71.2 Å². The monoisotopic (exact) mass is 322 g/mol. The number of hydrogen-bond donors (Lipinski definition) is 0. The van der Waals surface area contributed by atoms with E-state index in [-0.39, 0.29) is 0 Å². The van der Waals surface area contributed by atoms with Crippen molar-refractivity contribution in [3.05, 3.63) is 83.4 Å². The van der Waals surface area contributed by atoms with Crippen LogP contribution in [0.4, 0.5) is 0 Å². The molecule has 4 rings (SSSR count). The van der Waals surface area contributed by atoms with Crippen LogP contribution in [0.2, 0.25) is 0 Å². The molecule has 2 aromatic rings. The minimum Gasteiger partial charge on any atom is -0.431 e. The third kappa shape index (κ3) is 3.65. The highest BCUT2D eigenvalue weighted by atomic mass is 28.2. The number of rotatable bonds is 3. The molecule has 0 heterocycles. The molecule has 0 amide bonds. The largest absolute Gasteiger partial charge is 0.431 e. The van der Waals surface area contributed by atoms with Crippen LogP contribution in [0.25, 0.3) is 0 Å². The normalized spacial score (nSPS) is 21.9. The molecule has 2 bridgehead atoms. The van der Waals surface area contributed by atoms with E-state index in [0.717, 1.165) is 22.3 Å². The Kier molecular flexibility index (Phi) is 5.47. The first-order valence-corrected chi connectivity index (χ1v) is 9.36. The highest BCUT2D eigenvalue weighted by Crippen LogP contribution is 2.50. The highest BCUT2D eigenvalue weighted by molar-refractivity contribution is 5.97. The maximum absolute atomic E-state index is 4.39. The molecule has 1 fully saturated rings. The summed E-state index contributed by atoms with van der Waals surface area (Å²) in [4.78, 5) is 0. The minimum atomic E-state index is 0.465. The van der Waals surface area contributed by atoms with E-state index >= 15 is 0 Å². The average molecular weight is 323 g/mol. The number of benzene rings is 2. The van der Waals surface area contributed by atoms with E-state index in [1.807, 2.05) is 0 Å². The lowest BCUT2D eigenvalue weighted by Crippen LogP contribution is -2.10. The summed E-state index contributed by atoms with van der Waals surface area (Å²) in [6.45, 7) is 0. The van der Waals surface area contributed by atoms with Crippen LogP contribution < -0.4 is 0 Å². The molecule has 0 aliphatic heterocycles. The molecular weight excluding hydrogens is 296 g/mol. The molecule has 0 radical (unpaired) electrons. The van der Waals surface area contributed by atoms with Crippen LogP contribution in [0.5, 0.6) is 0 Å². The SMILES string of the molecule is C1=C(C(c2ccccc2)c2ccccc2)C2CCC1C2.CO[SiH3]. The molecule has 1 saturated carbocycles. The van der Waals surface area contributed by atoms with Gasteiger partial charge in [0.1, 0.15) is 10.5 Å². The van der Waals surface area contributed by atoms with Crippen molar-refractivity contribution in [1.82, 2.24) is 0 Å². The zero-order chi connectivity index (χ0) is 16.1. The van der Waals surface area contributed by atoms with Gasteiger partial charge in [-0.05, 0) is 42.2 Å². The van der Waals surface area contributed by atoms with Gasteiger partial charge in [-0.15, -0.1) is 0 Å². The van der Waals surface area contributed by atoms with Gasteiger partial charge >= 0.3 is 0 Å². The van der Waals surface area contributed by atoms with Gasteiger partial charge in [0.05, 0.1) is 0 Å². The molecule has 2 heteroatoms. The molecule has 2 aliphatic carbocycles. The smallest absolute Gasteiger partial charge is 0.145 e. The lowest BCUT2D eigenvalue weighted by atomic mass is 9.79. The van der Waals surface area contributed by atoms with Gasteiger partial charge in [0.15, 0.2) is 0 Å². The summed E-state index contributed by atoms with van der Waals surface area (Å²) in [5, 5.41) is 0. The first-order valence-electron chi connectivity index (χ1n) is 8.55. The van der Waals surface area contributed by atoms with Gasteiger partial charge in [0.2, 0.25) is 0 Å². The highest BCUT2D eigenvalue weighted by Gasteiger charge is 2.36. The zero-order valence-corrected chi connectivity index (χ0v) is 16.1. The first-order chi connectivity index (χ1) is 11.3. The van der Waals surface area contributed by atoms with Gasteiger partial charge in [0.25, 0.3) is 0 Å². The lowest BCUT2D eigenvalue weighted by Gasteiger charge is -2.25. The number of allylic oxidation sites excluding steroid dienone is 2. The van der Waals surface area contributed by atoms with E-state index in [4.69, 9.17) is 0 Å². The Balaban J connectivity index is 0.000000485. The van der Waals surface area contributed by atoms with Crippen molar-refractivity contribution in [1.29, 1.82) is 0 Å². The maximum atomic E-state index is 4.39. The van der Waals surface area contributed by atoms with Crippen molar-refractivity contribution in [3.8, 4) is 0 Å². The van der Waals surface area contributed by atoms with Crippen molar-refractivity contribution in [2.75, 3.05) is 7.11 Å². The van der Waals surface area contributed by atoms with Crippen LogP contribution in [0.15, 0.2) is 72.3 Å². The predicted octanol–water partition coefficient (Wildman–Crippen LogP) is 4.09. The predicted molar refractivity (Wildman–Crippen MR) is 101 cm³/mol. The van der Waals surface area contributed by atoms with E-state index in [1.165, 1.54) is 30.4 Å². The topological polar surface area (TPSA) is 9.23 Å². The van der Waals surface area contributed by atoms with Crippen LogP contribution in [0.1, 0.15) is 36.3 Å². The molecule has 0 aromatic heterocycles. The van der Waals surface area contributed by atoms with Crippen LogP contribution in [0.3, 0.4) is 0 Å². The summed E-state index contributed by atoms with van der Waals surface area (Å²) in [6.07, 6.45) is 6.78. The minimum absolute atomic E-state index is 0.465. The second-order valence-electron chi connectivity index (χ2n) is 6.60. The van der Waals surface area contributed by atoms with Crippen molar-refractivity contribution in [2.45, 2.75) is 25.2 Å². The van der Waals surface area contributed by atoms with Gasteiger partial charge in [-0.1, -0.05) is 72.3 Å². The molecule has 120 valence electrons. The fraction of sp³-hybridized carbons (Fsp3) is 0.333. The molecule has 0 saturated heterocycles. The Morgan fingerprint density at radius 1 is 0.913 bits per heavy atom. The van der Waals surface area contributed by atoms with Crippen LogP contribution >= 0.6 is 0 Å². The molecule has 2 unspecified atom stereocenters. The van der Waals surface area contributed by atoms with Crippen LogP contribution in [-0.4, -0.2) is 17.6 Å².